The van der Waals surface area contributed by atoms with Gasteiger partial charge in [0.25, 0.3) is 0 Å². The smallest absolute Gasteiger partial charge is 0.243 e. The average molecular weight is 397 g/mol. The van der Waals surface area contributed by atoms with E-state index in [-0.39, 0.29) is 6.61 Å². The summed E-state index contributed by atoms with van der Waals surface area (Å²) < 4.78 is 32.3. The van der Waals surface area contributed by atoms with Crippen LogP contribution >= 0.6 is 11.3 Å². The van der Waals surface area contributed by atoms with Crippen molar-refractivity contribution in [2.45, 2.75) is 17.6 Å². The summed E-state index contributed by atoms with van der Waals surface area (Å²) >= 11 is 1.63. The molecule has 0 aliphatic carbocycles. The molecule has 8 heteroatoms. The highest BCUT2D eigenvalue weighted by atomic mass is 32.2. The minimum Gasteiger partial charge on any atom is -0.389 e. The molecule has 1 aliphatic heterocycles. The van der Waals surface area contributed by atoms with E-state index in [0.717, 1.165) is 4.88 Å². The average Bonchev–Trinajstić information content (AvgIpc) is 3.16. The zero-order valence-corrected chi connectivity index (χ0v) is 16.2. The lowest BCUT2D eigenvalue weighted by atomic mass is 10.3. The summed E-state index contributed by atoms with van der Waals surface area (Å²) in [6.07, 6.45) is -0.577. The lowest BCUT2D eigenvalue weighted by Gasteiger charge is -2.34. The molecule has 6 nitrogen and oxygen atoms in total. The molecule has 1 aromatic carbocycles. The molecule has 26 heavy (non-hydrogen) atoms. The maximum atomic E-state index is 12.6. The first-order chi connectivity index (χ1) is 12.6. The van der Waals surface area contributed by atoms with Crippen LogP contribution in [0.5, 0.6) is 0 Å². The number of sulfonamides is 1. The van der Waals surface area contributed by atoms with Crippen LogP contribution in [0.3, 0.4) is 0 Å². The van der Waals surface area contributed by atoms with Crippen LogP contribution in [0.25, 0.3) is 0 Å². The third kappa shape index (κ3) is 5.12. The predicted molar refractivity (Wildman–Crippen MR) is 102 cm³/mol. The summed E-state index contributed by atoms with van der Waals surface area (Å²) in [7, 11) is -3.43. The second-order valence-corrected chi connectivity index (χ2v) is 9.24. The molecular formula is C18H24N2O4S2. The number of hydrogen-bond donors (Lipinski definition) is 1. The number of rotatable bonds is 8. The molecule has 2 aromatic rings. The van der Waals surface area contributed by atoms with Crippen molar-refractivity contribution in [1.82, 2.24) is 9.21 Å². The number of aliphatic hydroxyl groups is 1. The van der Waals surface area contributed by atoms with E-state index in [1.165, 1.54) is 4.31 Å². The molecule has 0 saturated carbocycles. The van der Waals surface area contributed by atoms with Crippen molar-refractivity contribution >= 4 is 21.4 Å². The number of hydrogen-bond acceptors (Lipinski definition) is 6. The Hall–Kier alpha value is -1.29. The van der Waals surface area contributed by atoms with Gasteiger partial charge in [-0.3, -0.25) is 4.90 Å². The Labute approximate surface area is 158 Å². The first kappa shape index (κ1) is 19.5. The van der Waals surface area contributed by atoms with E-state index in [1.54, 1.807) is 41.7 Å². The minimum absolute atomic E-state index is 0.278. The van der Waals surface area contributed by atoms with Crippen LogP contribution in [-0.2, 0) is 21.4 Å². The van der Waals surface area contributed by atoms with Gasteiger partial charge in [-0.1, -0.05) is 24.3 Å². The fourth-order valence-corrected chi connectivity index (χ4v) is 5.02. The summed E-state index contributed by atoms with van der Waals surface area (Å²) in [5.74, 6) is 0. The van der Waals surface area contributed by atoms with Gasteiger partial charge in [0.15, 0.2) is 0 Å². The van der Waals surface area contributed by atoms with Gasteiger partial charge < -0.3 is 9.84 Å². The highest BCUT2D eigenvalue weighted by Gasteiger charge is 2.28. The van der Waals surface area contributed by atoms with Gasteiger partial charge in [0.2, 0.25) is 10.0 Å². The second kappa shape index (κ2) is 9.07. The van der Waals surface area contributed by atoms with E-state index in [9.17, 15) is 13.5 Å². The Balaban J connectivity index is 1.42. The van der Waals surface area contributed by atoms with E-state index >= 15 is 0 Å². The van der Waals surface area contributed by atoms with Crippen molar-refractivity contribution < 1.29 is 18.3 Å². The summed E-state index contributed by atoms with van der Waals surface area (Å²) in [5.41, 5.74) is 0. The van der Waals surface area contributed by atoms with Crippen LogP contribution < -0.4 is 0 Å². The maximum Gasteiger partial charge on any atom is 0.243 e. The zero-order valence-electron chi connectivity index (χ0n) is 14.5. The van der Waals surface area contributed by atoms with Crippen LogP contribution in [0.4, 0.5) is 0 Å². The Bertz CT molecular complexity index is 758. The largest absolute Gasteiger partial charge is 0.389 e. The number of benzene rings is 1. The van der Waals surface area contributed by atoms with Crippen molar-refractivity contribution in [3.05, 3.63) is 52.7 Å². The van der Waals surface area contributed by atoms with Gasteiger partial charge in [-0.25, -0.2) is 8.42 Å². The summed E-state index contributed by atoms with van der Waals surface area (Å²) in [4.78, 5) is 3.54. The SMILES string of the molecule is O=S(=O)(c1ccccc1)N1CCN(C[C@H](O)COCc2cccs2)CC1. The van der Waals surface area contributed by atoms with Crippen LogP contribution in [0, 0.1) is 0 Å². The number of nitrogens with zero attached hydrogens (tertiary/aromatic N) is 2. The van der Waals surface area contributed by atoms with Gasteiger partial charge in [0.05, 0.1) is 24.2 Å². The van der Waals surface area contributed by atoms with Gasteiger partial charge in [-0.15, -0.1) is 11.3 Å². The second-order valence-electron chi connectivity index (χ2n) is 6.27. The zero-order chi connectivity index (χ0) is 18.4. The minimum atomic E-state index is -3.43. The molecule has 0 amide bonds. The van der Waals surface area contributed by atoms with Crippen molar-refractivity contribution in [3.8, 4) is 0 Å². The number of β-amino-alcohol motifs (C(OH)–C–C–N with tert-alkyl or cyclic N) is 1. The molecule has 1 aliphatic rings. The number of thiophene rings is 1. The highest BCUT2D eigenvalue weighted by molar-refractivity contribution is 7.89. The monoisotopic (exact) mass is 396 g/mol. The Morgan fingerprint density at radius 3 is 2.46 bits per heavy atom. The van der Waals surface area contributed by atoms with Crippen LogP contribution in [0.15, 0.2) is 52.7 Å². The van der Waals surface area contributed by atoms with E-state index in [4.69, 9.17) is 4.74 Å². The van der Waals surface area contributed by atoms with E-state index < -0.39 is 16.1 Å². The van der Waals surface area contributed by atoms with Gasteiger partial charge in [-0.2, -0.15) is 4.31 Å². The summed E-state index contributed by atoms with van der Waals surface area (Å²) in [6.45, 7) is 3.35. The maximum absolute atomic E-state index is 12.6. The molecule has 1 N–H and O–H groups in total. The Morgan fingerprint density at radius 1 is 1.08 bits per heavy atom. The fourth-order valence-electron chi connectivity index (χ4n) is 2.93. The molecule has 1 saturated heterocycles. The summed E-state index contributed by atoms with van der Waals surface area (Å²) in [6, 6.07) is 12.5. The molecule has 142 valence electrons. The topological polar surface area (TPSA) is 70.1 Å². The van der Waals surface area contributed by atoms with Gasteiger partial charge >= 0.3 is 0 Å². The molecule has 0 spiro atoms. The third-order valence-electron chi connectivity index (χ3n) is 4.32. The van der Waals surface area contributed by atoms with Gasteiger partial charge in [0, 0.05) is 37.6 Å². The molecular weight excluding hydrogens is 372 g/mol. The molecule has 1 atom stereocenters. The molecule has 2 heterocycles. The molecule has 0 unspecified atom stereocenters. The summed E-state index contributed by atoms with van der Waals surface area (Å²) in [5, 5.41) is 12.1. The lowest BCUT2D eigenvalue weighted by molar-refractivity contribution is 0.00611. The van der Waals surface area contributed by atoms with Crippen LogP contribution in [-0.4, -0.2) is 68.2 Å². The number of aliphatic hydroxyl groups excluding tert-OH is 1. The van der Waals surface area contributed by atoms with Gasteiger partial charge in [-0.05, 0) is 23.6 Å². The molecule has 0 radical (unpaired) electrons. The third-order valence-corrected chi connectivity index (χ3v) is 7.08. The Morgan fingerprint density at radius 2 is 1.81 bits per heavy atom. The normalized spacial score (nSPS) is 18.0. The van der Waals surface area contributed by atoms with Crippen LogP contribution in [0.2, 0.25) is 0 Å². The Kier molecular flexibility index (Phi) is 6.80. The van der Waals surface area contributed by atoms with Crippen molar-refractivity contribution in [2.24, 2.45) is 0 Å². The molecule has 0 bridgehead atoms. The number of piperazine rings is 1. The molecule has 3 rings (SSSR count). The number of ether oxygens (including phenoxy) is 1. The van der Waals surface area contributed by atoms with Crippen molar-refractivity contribution in [3.63, 3.8) is 0 Å². The van der Waals surface area contributed by atoms with E-state index in [0.29, 0.717) is 44.2 Å². The first-order valence-corrected chi connectivity index (χ1v) is 10.9. The first-order valence-electron chi connectivity index (χ1n) is 8.61. The molecule has 1 aromatic heterocycles. The highest BCUT2D eigenvalue weighted by Crippen LogP contribution is 2.17. The standard InChI is InChI=1S/C18H24N2O4S2/c21-16(14-24-15-17-5-4-12-25-17)13-19-8-10-20(11-9-19)26(22,23)18-6-2-1-3-7-18/h1-7,12,16,21H,8-11,13-15H2/t16-/m0/s1. The predicted octanol–water partition coefficient (Wildman–Crippen LogP) is 1.63. The van der Waals surface area contributed by atoms with E-state index in [2.05, 4.69) is 4.90 Å². The van der Waals surface area contributed by atoms with Crippen molar-refractivity contribution in [2.75, 3.05) is 39.3 Å². The quantitative estimate of drug-likeness (QED) is 0.735. The lowest BCUT2D eigenvalue weighted by Crippen LogP contribution is -2.50. The van der Waals surface area contributed by atoms with Crippen molar-refractivity contribution in [1.29, 1.82) is 0 Å². The van der Waals surface area contributed by atoms with Crippen LogP contribution in [0.1, 0.15) is 4.88 Å². The van der Waals surface area contributed by atoms with Gasteiger partial charge in [0.1, 0.15) is 0 Å². The molecule has 1 fully saturated rings. The van der Waals surface area contributed by atoms with E-state index in [1.807, 2.05) is 17.5 Å². The fraction of sp³-hybridized carbons (Fsp3) is 0.444.